The van der Waals surface area contributed by atoms with E-state index in [1.54, 1.807) is 12.3 Å². The van der Waals surface area contributed by atoms with Crippen LogP contribution in [-0.4, -0.2) is 25.0 Å². The lowest BCUT2D eigenvalue weighted by molar-refractivity contribution is 0.0995. The van der Waals surface area contributed by atoms with Crippen molar-refractivity contribution in [3.63, 3.8) is 0 Å². The van der Waals surface area contributed by atoms with Crippen LogP contribution in [0, 0.1) is 0 Å². The Morgan fingerprint density at radius 2 is 2.11 bits per heavy atom. The van der Waals surface area contributed by atoms with Crippen LogP contribution in [0.4, 0.5) is 11.5 Å². The summed E-state index contributed by atoms with van der Waals surface area (Å²) in [4.78, 5) is 18.0. The lowest BCUT2D eigenvalue weighted by Gasteiger charge is -2.11. The molecule has 0 unspecified atom stereocenters. The number of nitrogens with zero attached hydrogens (tertiary/aromatic N) is 2. The van der Waals surface area contributed by atoms with Crippen molar-refractivity contribution in [3.05, 3.63) is 42.0 Å². The van der Waals surface area contributed by atoms with Gasteiger partial charge in [-0.25, -0.2) is 4.98 Å². The van der Waals surface area contributed by atoms with Crippen LogP contribution in [-0.2, 0) is 6.42 Å². The molecule has 2 aromatic heterocycles. The number of nitrogens with one attached hydrogen (secondary N) is 1. The van der Waals surface area contributed by atoms with Crippen LogP contribution in [0.2, 0.25) is 0 Å². The topological polar surface area (TPSA) is 58.4 Å². The maximum Gasteiger partial charge on any atom is 0.291 e. The summed E-state index contributed by atoms with van der Waals surface area (Å²) in [6.07, 6.45) is 2.39. The molecule has 0 bridgehead atoms. The third kappa shape index (κ3) is 3.13. The molecule has 2 rings (SSSR count). The van der Waals surface area contributed by atoms with Crippen molar-refractivity contribution in [2.75, 3.05) is 24.3 Å². The van der Waals surface area contributed by atoms with E-state index in [0.29, 0.717) is 11.4 Å². The van der Waals surface area contributed by atoms with E-state index in [-0.39, 0.29) is 5.91 Å². The first kappa shape index (κ1) is 13.1. The number of aromatic nitrogens is 1. The third-order valence-corrected chi connectivity index (χ3v) is 2.70. The molecule has 0 saturated heterocycles. The van der Waals surface area contributed by atoms with E-state index < -0.39 is 0 Å². The molecule has 0 aromatic carbocycles. The molecule has 0 spiro atoms. The SMILES string of the molecule is CCc1ccc(C(=O)Nc2ccc(N(C)C)nc2)o1. The van der Waals surface area contributed by atoms with Crippen LogP contribution in [0.1, 0.15) is 23.2 Å². The number of anilines is 2. The number of amides is 1. The average Bonchev–Trinajstić information content (AvgIpc) is 2.88. The highest BCUT2D eigenvalue weighted by Gasteiger charge is 2.11. The van der Waals surface area contributed by atoms with Crippen LogP contribution >= 0.6 is 0 Å². The second-order valence-electron chi connectivity index (χ2n) is 4.37. The van der Waals surface area contributed by atoms with Crippen molar-refractivity contribution in [2.45, 2.75) is 13.3 Å². The van der Waals surface area contributed by atoms with E-state index in [1.165, 1.54) is 0 Å². The molecular weight excluding hydrogens is 242 g/mol. The van der Waals surface area contributed by atoms with E-state index in [1.807, 2.05) is 44.1 Å². The number of aryl methyl sites for hydroxylation is 1. The van der Waals surface area contributed by atoms with Crippen molar-refractivity contribution in [1.82, 2.24) is 4.98 Å². The molecule has 0 aliphatic rings. The summed E-state index contributed by atoms with van der Waals surface area (Å²) in [5.74, 6) is 1.68. The minimum absolute atomic E-state index is 0.265. The zero-order chi connectivity index (χ0) is 13.8. The summed E-state index contributed by atoms with van der Waals surface area (Å²) >= 11 is 0. The highest BCUT2D eigenvalue weighted by molar-refractivity contribution is 6.02. The molecule has 5 heteroatoms. The van der Waals surface area contributed by atoms with Crippen LogP contribution < -0.4 is 10.2 Å². The number of hydrogen-bond acceptors (Lipinski definition) is 4. The monoisotopic (exact) mass is 259 g/mol. The predicted molar refractivity (Wildman–Crippen MR) is 74.6 cm³/mol. The summed E-state index contributed by atoms with van der Waals surface area (Å²) in [6.45, 7) is 1.98. The van der Waals surface area contributed by atoms with Gasteiger partial charge >= 0.3 is 0 Å². The van der Waals surface area contributed by atoms with Gasteiger partial charge in [-0.15, -0.1) is 0 Å². The van der Waals surface area contributed by atoms with Crippen molar-refractivity contribution < 1.29 is 9.21 Å². The molecule has 1 N–H and O–H groups in total. The second kappa shape index (κ2) is 5.56. The average molecular weight is 259 g/mol. The number of furan rings is 1. The Morgan fingerprint density at radius 1 is 1.32 bits per heavy atom. The molecule has 0 aliphatic heterocycles. The van der Waals surface area contributed by atoms with Gasteiger partial charge in [-0.2, -0.15) is 0 Å². The Labute approximate surface area is 112 Å². The fourth-order valence-electron chi connectivity index (χ4n) is 1.61. The van der Waals surface area contributed by atoms with Gasteiger partial charge in [-0.05, 0) is 24.3 Å². The summed E-state index contributed by atoms with van der Waals surface area (Å²) in [5.41, 5.74) is 0.644. The van der Waals surface area contributed by atoms with Crippen molar-refractivity contribution in [3.8, 4) is 0 Å². The number of pyridine rings is 1. The second-order valence-corrected chi connectivity index (χ2v) is 4.37. The number of carbonyl (C=O) groups excluding carboxylic acids is 1. The van der Waals surface area contributed by atoms with Gasteiger partial charge in [0.05, 0.1) is 11.9 Å². The highest BCUT2D eigenvalue weighted by atomic mass is 16.3. The minimum atomic E-state index is -0.265. The largest absolute Gasteiger partial charge is 0.456 e. The lowest BCUT2D eigenvalue weighted by atomic mass is 10.3. The maximum atomic E-state index is 11.9. The van der Waals surface area contributed by atoms with Gasteiger partial charge < -0.3 is 14.6 Å². The predicted octanol–water partition coefficient (Wildman–Crippen LogP) is 2.56. The first-order chi connectivity index (χ1) is 9.10. The third-order valence-electron chi connectivity index (χ3n) is 2.70. The zero-order valence-electron chi connectivity index (χ0n) is 11.3. The minimum Gasteiger partial charge on any atom is -0.456 e. The first-order valence-corrected chi connectivity index (χ1v) is 6.13. The van der Waals surface area contributed by atoms with Gasteiger partial charge in [0, 0.05) is 20.5 Å². The van der Waals surface area contributed by atoms with Crippen LogP contribution in [0.5, 0.6) is 0 Å². The van der Waals surface area contributed by atoms with Gasteiger partial charge in [-0.3, -0.25) is 4.79 Å². The van der Waals surface area contributed by atoms with Crippen LogP contribution in [0.15, 0.2) is 34.9 Å². The molecule has 1 amide bonds. The molecule has 100 valence electrons. The van der Waals surface area contributed by atoms with Gasteiger partial charge in [0.25, 0.3) is 5.91 Å². The molecule has 0 atom stereocenters. The number of carbonyl (C=O) groups is 1. The normalized spacial score (nSPS) is 10.3. The van der Waals surface area contributed by atoms with E-state index in [4.69, 9.17) is 4.42 Å². The van der Waals surface area contributed by atoms with Gasteiger partial charge in [0.15, 0.2) is 5.76 Å². The number of hydrogen-bond donors (Lipinski definition) is 1. The highest BCUT2D eigenvalue weighted by Crippen LogP contribution is 2.14. The fraction of sp³-hybridized carbons (Fsp3) is 0.286. The number of rotatable bonds is 4. The maximum absolute atomic E-state index is 11.9. The van der Waals surface area contributed by atoms with Gasteiger partial charge in [0.2, 0.25) is 0 Å². The van der Waals surface area contributed by atoms with Crippen LogP contribution in [0.25, 0.3) is 0 Å². The van der Waals surface area contributed by atoms with Gasteiger partial charge in [0.1, 0.15) is 11.6 Å². The Morgan fingerprint density at radius 3 is 2.63 bits per heavy atom. The first-order valence-electron chi connectivity index (χ1n) is 6.13. The zero-order valence-corrected chi connectivity index (χ0v) is 11.3. The molecule has 19 heavy (non-hydrogen) atoms. The Hall–Kier alpha value is -2.30. The van der Waals surface area contributed by atoms with Crippen molar-refractivity contribution in [1.29, 1.82) is 0 Å². The molecule has 2 heterocycles. The molecule has 0 fully saturated rings. The quantitative estimate of drug-likeness (QED) is 0.916. The lowest BCUT2D eigenvalue weighted by Crippen LogP contribution is -2.13. The van der Waals surface area contributed by atoms with Crippen molar-refractivity contribution in [2.24, 2.45) is 0 Å². The molecule has 0 radical (unpaired) electrons. The summed E-state index contributed by atoms with van der Waals surface area (Å²) in [7, 11) is 3.82. The van der Waals surface area contributed by atoms with Crippen LogP contribution in [0.3, 0.4) is 0 Å². The molecule has 0 aliphatic carbocycles. The standard InChI is InChI=1S/C14H17N3O2/c1-4-11-6-7-12(19-11)14(18)16-10-5-8-13(15-9-10)17(2)3/h5-9H,4H2,1-3H3,(H,16,18). The summed E-state index contributed by atoms with van der Waals surface area (Å²) in [6, 6.07) is 7.14. The smallest absolute Gasteiger partial charge is 0.291 e. The summed E-state index contributed by atoms with van der Waals surface area (Å²) < 4.78 is 5.39. The van der Waals surface area contributed by atoms with E-state index in [2.05, 4.69) is 10.3 Å². The van der Waals surface area contributed by atoms with Crippen molar-refractivity contribution >= 4 is 17.4 Å². The van der Waals surface area contributed by atoms with E-state index >= 15 is 0 Å². The Kier molecular flexibility index (Phi) is 3.85. The Bertz CT molecular complexity index is 558. The summed E-state index contributed by atoms with van der Waals surface area (Å²) in [5, 5.41) is 2.75. The van der Waals surface area contributed by atoms with Gasteiger partial charge in [-0.1, -0.05) is 6.92 Å². The molecular formula is C14H17N3O2. The molecule has 5 nitrogen and oxygen atoms in total. The Balaban J connectivity index is 2.06. The molecule has 0 saturated carbocycles. The molecule has 2 aromatic rings. The van der Waals surface area contributed by atoms with E-state index in [9.17, 15) is 4.79 Å². The fourth-order valence-corrected chi connectivity index (χ4v) is 1.61. The van der Waals surface area contributed by atoms with E-state index in [0.717, 1.165) is 18.0 Å².